The molecule has 0 aliphatic rings. The number of hydrogen-bond donors (Lipinski definition) is 2. The van der Waals surface area contributed by atoms with E-state index in [-0.39, 0.29) is 5.91 Å². The fourth-order valence-electron chi connectivity index (χ4n) is 1.53. The van der Waals surface area contributed by atoms with Gasteiger partial charge in [-0.1, -0.05) is 19.9 Å². The second kappa shape index (κ2) is 6.75. The summed E-state index contributed by atoms with van der Waals surface area (Å²) in [5.74, 6) is 1.20. The van der Waals surface area contributed by atoms with E-state index in [2.05, 4.69) is 19.2 Å². The number of carbonyl (C=O) groups excluding carboxylic acids is 1. The lowest BCUT2D eigenvalue weighted by Crippen LogP contribution is -2.45. The number of amides is 1. The topological polar surface area (TPSA) is 64.4 Å². The van der Waals surface area contributed by atoms with Gasteiger partial charge in [-0.05, 0) is 44.7 Å². The molecule has 0 spiro atoms. The van der Waals surface area contributed by atoms with Crippen molar-refractivity contribution in [2.75, 3.05) is 11.9 Å². The Balaban J connectivity index is 2.73. The predicted molar refractivity (Wildman–Crippen MR) is 83.0 cm³/mol. The van der Waals surface area contributed by atoms with Crippen LogP contribution in [0.3, 0.4) is 0 Å². The molecule has 20 heavy (non-hydrogen) atoms. The maximum atomic E-state index is 11.9. The summed E-state index contributed by atoms with van der Waals surface area (Å²) >= 11 is 0. The standard InChI is InChI=1S/C16H26N2O2/c1-11(2)8-9-20-14-10-13(7-6-12(14)3)18-15(19)16(4,5)17/h6-7,10-11H,8-9,17H2,1-5H3,(H,18,19). The number of nitrogens with one attached hydrogen (secondary N) is 1. The number of ether oxygens (including phenoxy) is 1. The molecule has 0 bridgehead atoms. The largest absolute Gasteiger partial charge is 0.493 e. The molecule has 0 aliphatic heterocycles. The summed E-state index contributed by atoms with van der Waals surface area (Å²) in [7, 11) is 0. The zero-order chi connectivity index (χ0) is 15.3. The number of anilines is 1. The number of benzene rings is 1. The minimum absolute atomic E-state index is 0.213. The zero-order valence-corrected chi connectivity index (χ0v) is 13.1. The van der Waals surface area contributed by atoms with Crippen molar-refractivity contribution >= 4 is 11.6 Å². The fourth-order valence-corrected chi connectivity index (χ4v) is 1.53. The number of aryl methyl sites for hydroxylation is 1. The van der Waals surface area contributed by atoms with Gasteiger partial charge < -0.3 is 15.8 Å². The van der Waals surface area contributed by atoms with Gasteiger partial charge in [0.1, 0.15) is 5.75 Å². The highest BCUT2D eigenvalue weighted by Gasteiger charge is 2.21. The first-order valence-electron chi connectivity index (χ1n) is 7.04. The van der Waals surface area contributed by atoms with Crippen LogP contribution in [0.2, 0.25) is 0 Å². The van der Waals surface area contributed by atoms with Crippen LogP contribution in [0.5, 0.6) is 5.75 Å². The molecular formula is C16H26N2O2. The Morgan fingerprint density at radius 3 is 2.60 bits per heavy atom. The van der Waals surface area contributed by atoms with Gasteiger partial charge in [0, 0.05) is 11.8 Å². The Bertz CT molecular complexity index is 462. The SMILES string of the molecule is Cc1ccc(NC(=O)C(C)(C)N)cc1OCCC(C)C. The van der Waals surface area contributed by atoms with Gasteiger partial charge in [-0.25, -0.2) is 0 Å². The van der Waals surface area contributed by atoms with Crippen molar-refractivity contribution in [3.8, 4) is 5.75 Å². The Labute approximate surface area is 121 Å². The maximum absolute atomic E-state index is 11.9. The first-order valence-corrected chi connectivity index (χ1v) is 7.04. The van der Waals surface area contributed by atoms with E-state index >= 15 is 0 Å². The second-order valence-electron chi connectivity index (χ2n) is 6.19. The van der Waals surface area contributed by atoms with Crippen LogP contribution in [0.1, 0.15) is 39.7 Å². The number of nitrogens with two attached hydrogens (primary N) is 1. The smallest absolute Gasteiger partial charge is 0.243 e. The van der Waals surface area contributed by atoms with Gasteiger partial charge in [-0.2, -0.15) is 0 Å². The molecular weight excluding hydrogens is 252 g/mol. The molecule has 4 heteroatoms. The average molecular weight is 278 g/mol. The number of hydrogen-bond acceptors (Lipinski definition) is 3. The highest BCUT2D eigenvalue weighted by Crippen LogP contribution is 2.23. The van der Waals surface area contributed by atoms with Crippen molar-refractivity contribution in [1.29, 1.82) is 0 Å². The van der Waals surface area contributed by atoms with Crippen molar-refractivity contribution in [2.45, 2.75) is 46.6 Å². The van der Waals surface area contributed by atoms with E-state index in [0.29, 0.717) is 18.2 Å². The molecule has 0 heterocycles. The van der Waals surface area contributed by atoms with E-state index in [0.717, 1.165) is 17.7 Å². The van der Waals surface area contributed by atoms with Crippen molar-refractivity contribution in [2.24, 2.45) is 11.7 Å². The predicted octanol–water partition coefficient (Wildman–Crippen LogP) is 3.10. The lowest BCUT2D eigenvalue weighted by molar-refractivity contribution is -0.120. The minimum atomic E-state index is -0.899. The number of carbonyl (C=O) groups is 1. The molecule has 1 aromatic rings. The van der Waals surface area contributed by atoms with Crippen LogP contribution in [-0.2, 0) is 4.79 Å². The first kappa shape index (κ1) is 16.5. The molecule has 3 N–H and O–H groups in total. The van der Waals surface area contributed by atoms with E-state index in [4.69, 9.17) is 10.5 Å². The molecule has 4 nitrogen and oxygen atoms in total. The van der Waals surface area contributed by atoms with Gasteiger partial charge in [-0.3, -0.25) is 4.79 Å². The third-order valence-electron chi connectivity index (χ3n) is 2.98. The fraction of sp³-hybridized carbons (Fsp3) is 0.562. The summed E-state index contributed by atoms with van der Waals surface area (Å²) < 4.78 is 5.77. The van der Waals surface area contributed by atoms with E-state index in [1.165, 1.54) is 0 Å². The van der Waals surface area contributed by atoms with Gasteiger partial charge in [0.15, 0.2) is 0 Å². The molecule has 1 rings (SSSR count). The molecule has 0 unspecified atom stereocenters. The van der Waals surface area contributed by atoms with Crippen molar-refractivity contribution < 1.29 is 9.53 Å². The van der Waals surface area contributed by atoms with E-state index < -0.39 is 5.54 Å². The maximum Gasteiger partial charge on any atom is 0.243 e. The summed E-state index contributed by atoms with van der Waals surface area (Å²) in [5.41, 5.74) is 6.63. The van der Waals surface area contributed by atoms with Gasteiger partial charge >= 0.3 is 0 Å². The van der Waals surface area contributed by atoms with Gasteiger partial charge in [0.2, 0.25) is 5.91 Å². The lowest BCUT2D eigenvalue weighted by Gasteiger charge is -2.18. The molecule has 0 saturated carbocycles. The summed E-state index contributed by atoms with van der Waals surface area (Å²) in [6, 6.07) is 5.64. The minimum Gasteiger partial charge on any atom is -0.493 e. The zero-order valence-electron chi connectivity index (χ0n) is 13.1. The first-order chi connectivity index (χ1) is 9.20. The van der Waals surface area contributed by atoms with Crippen LogP contribution in [0.25, 0.3) is 0 Å². The van der Waals surface area contributed by atoms with Crippen LogP contribution in [0, 0.1) is 12.8 Å². The monoisotopic (exact) mass is 278 g/mol. The molecule has 0 aromatic heterocycles. The molecule has 112 valence electrons. The van der Waals surface area contributed by atoms with Crippen molar-refractivity contribution in [3.05, 3.63) is 23.8 Å². The second-order valence-corrected chi connectivity index (χ2v) is 6.19. The highest BCUT2D eigenvalue weighted by atomic mass is 16.5. The van der Waals surface area contributed by atoms with E-state index in [9.17, 15) is 4.79 Å². The van der Waals surface area contributed by atoms with Crippen LogP contribution >= 0.6 is 0 Å². The van der Waals surface area contributed by atoms with Gasteiger partial charge in [0.05, 0.1) is 12.1 Å². The van der Waals surface area contributed by atoms with Crippen LogP contribution in [0.15, 0.2) is 18.2 Å². The quantitative estimate of drug-likeness (QED) is 0.840. The molecule has 0 radical (unpaired) electrons. The van der Waals surface area contributed by atoms with Crippen LogP contribution in [-0.4, -0.2) is 18.1 Å². The third-order valence-corrected chi connectivity index (χ3v) is 2.98. The summed E-state index contributed by atoms with van der Waals surface area (Å²) in [6.07, 6.45) is 1.01. The Kier molecular flexibility index (Phi) is 5.57. The normalized spacial score (nSPS) is 11.6. The molecule has 0 saturated heterocycles. The Hall–Kier alpha value is -1.55. The average Bonchev–Trinajstić information content (AvgIpc) is 2.31. The van der Waals surface area contributed by atoms with Crippen molar-refractivity contribution in [1.82, 2.24) is 0 Å². The third kappa shape index (κ3) is 5.21. The van der Waals surface area contributed by atoms with E-state index in [1.807, 2.05) is 25.1 Å². The van der Waals surface area contributed by atoms with Crippen LogP contribution < -0.4 is 15.8 Å². The van der Waals surface area contributed by atoms with E-state index in [1.54, 1.807) is 13.8 Å². The molecule has 1 aromatic carbocycles. The van der Waals surface area contributed by atoms with Gasteiger partial charge in [0.25, 0.3) is 0 Å². The Morgan fingerprint density at radius 1 is 1.40 bits per heavy atom. The van der Waals surface area contributed by atoms with Crippen LogP contribution in [0.4, 0.5) is 5.69 Å². The Morgan fingerprint density at radius 2 is 2.05 bits per heavy atom. The molecule has 0 atom stereocenters. The summed E-state index contributed by atoms with van der Waals surface area (Å²) in [4.78, 5) is 11.9. The van der Waals surface area contributed by atoms with Gasteiger partial charge in [-0.15, -0.1) is 0 Å². The molecule has 0 fully saturated rings. The molecule has 0 aliphatic carbocycles. The molecule has 1 amide bonds. The van der Waals surface area contributed by atoms with Crippen molar-refractivity contribution in [3.63, 3.8) is 0 Å². The lowest BCUT2D eigenvalue weighted by atomic mass is 10.1. The summed E-state index contributed by atoms with van der Waals surface area (Å²) in [6.45, 7) is 10.3. The summed E-state index contributed by atoms with van der Waals surface area (Å²) in [5, 5.41) is 2.80. The number of rotatable bonds is 6. The highest BCUT2D eigenvalue weighted by molar-refractivity contribution is 5.97.